The van der Waals surface area contributed by atoms with E-state index < -0.39 is 125 Å². The third kappa shape index (κ3) is 24.3. The average Bonchev–Trinajstić information content (AvgIpc) is 4.11. The fraction of sp³-hybridized carbons (Fsp3) is 0.608. The Bertz CT molecular complexity index is 2690. The van der Waals surface area contributed by atoms with Crippen LogP contribution in [-0.2, 0) is 53.2 Å². The van der Waals surface area contributed by atoms with Crippen LogP contribution in [0.2, 0.25) is 0 Å². The van der Waals surface area contributed by atoms with Gasteiger partial charge in [0.05, 0.1) is 17.5 Å². The van der Waals surface area contributed by atoms with Crippen molar-refractivity contribution in [3.05, 3.63) is 36.7 Å². The molecule has 83 heavy (non-hydrogen) atoms. The maximum Gasteiger partial charge on any atom is 0.326 e. The number of carboxylic acids is 1. The molecule has 23 N–H and O–H groups in total. The monoisotopic (exact) mass is 1190 g/mol. The lowest BCUT2D eigenvalue weighted by Crippen LogP contribution is -2.60. The van der Waals surface area contributed by atoms with E-state index in [4.69, 9.17) is 40.1 Å². The molecule has 32 heteroatoms. The van der Waals surface area contributed by atoms with Gasteiger partial charge in [0.2, 0.25) is 57.3 Å². The number of carbonyl (C=O) groups excluding carboxylic acids is 8. The molecule has 0 radical (unpaired) electrons. The van der Waals surface area contributed by atoms with Gasteiger partial charge in [-0.25, -0.2) is 17.9 Å². The summed E-state index contributed by atoms with van der Waals surface area (Å²) in [5.74, 6) is -8.09. The minimum Gasteiger partial charge on any atom is -0.480 e. The Morgan fingerprint density at radius 3 is 1.89 bits per heavy atom. The van der Waals surface area contributed by atoms with Crippen LogP contribution in [-0.4, -0.2) is 183 Å². The Morgan fingerprint density at radius 2 is 1.30 bits per heavy atom. The van der Waals surface area contributed by atoms with Crippen LogP contribution >= 0.6 is 0 Å². The highest BCUT2D eigenvalue weighted by Crippen LogP contribution is 2.22. The molecule has 1 aliphatic rings. The molecule has 462 valence electrons. The maximum absolute atomic E-state index is 14.4. The van der Waals surface area contributed by atoms with E-state index in [0.29, 0.717) is 30.0 Å². The van der Waals surface area contributed by atoms with E-state index in [9.17, 15) is 56.7 Å². The molecule has 0 saturated carbocycles. The second-order valence-electron chi connectivity index (χ2n) is 20.0. The standard InChI is InChI=1S/C51H85N19O12S/c1-3-30(2)27-38(49(79)80)69-46(76)37(17-20-53)67-45(75)36(15-16-41(71)63-29-42(72)60-24-25-64-83(81,82)40-14-4-9-31-28-59-23-18-32(31)40)66-43(73)34(11-5-19-52)65-44(74)35(12-7-22-62-51(57)58)68-47(77)39-13-8-26-70(39)48(78)33(54)10-6-21-61-50(55)56/h4,9,14,18,23,28,30,33-39,64H,3,5-8,10-13,15-17,19-22,24-27,29,52-54H2,1-2H3,(H,60,72)(H,63,71)(H,65,74)(H,66,73)(H,67,75)(H,68,77)(H,69,76)(H,79,80)(H4,55,56,61)(H4,57,58,62)/t30?,33-,34-,35-,36-,37-,38-,39-/m0/s1. The van der Waals surface area contributed by atoms with Gasteiger partial charge in [-0.1, -0.05) is 32.4 Å². The minimum atomic E-state index is -4.00. The number of hydrogen-bond acceptors (Lipinski definition) is 17. The van der Waals surface area contributed by atoms with Gasteiger partial charge in [-0.15, -0.1) is 0 Å². The minimum absolute atomic E-state index is 0.0122. The largest absolute Gasteiger partial charge is 0.480 e. The molecule has 1 fully saturated rings. The van der Waals surface area contributed by atoms with Gasteiger partial charge in [0.25, 0.3) is 0 Å². The summed E-state index contributed by atoms with van der Waals surface area (Å²) in [4.78, 5) is 135. The van der Waals surface area contributed by atoms with Crippen molar-refractivity contribution in [3.8, 4) is 0 Å². The van der Waals surface area contributed by atoms with Gasteiger partial charge in [-0.05, 0) is 102 Å². The van der Waals surface area contributed by atoms with Crippen LogP contribution in [0.1, 0.15) is 97.3 Å². The Labute approximate surface area is 482 Å². The van der Waals surface area contributed by atoms with Crippen LogP contribution in [0.15, 0.2) is 51.5 Å². The fourth-order valence-corrected chi connectivity index (χ4v) is 10.0. The molecular formula is C51H85N19O12S. The van der Waals surface area contributed by atoms with Gasteiger partial charge in [-0.3, -0.25) is 53.3 Å². The van der Waals surface area contributed by atoms with E-state index in [2.05, 4.69) is 56.9 Å². The van der Waals surface area contributed by atoms with Crippen molar-refractivity contribution in [2.24, 2.45) is 56.0 Å². The number of nitrogens with zero attached hydrogens (tertiary/aromatic N) is 4. The summed E-state index contributed by atoms with van der Waals surface area (Å²) in [6.07, 6.45) is 3.97. The zero-order chi connectivity index (χ0) is 61.6. The molecule has 1 saturated heterocycles. The summed E-state index contributed by atoms with van der Waals surface area (Å²) in [6.45, 7) is 3.09. The van der Waals surface area contributed by atoms with E-state index in [1.54, 1.807) is 25.1 Å². The van der Waals surface area contributed by atoms with Gasteiger partial charge in [0.1, 0.15) is 36.3 Å². The summed E-state index contributed by atoms with van der Waals surface area (Å²) < 4.78 is 28.6. The van der Waals surface area contributed by atoms with E-state index in [1.807, 2.05) is 6.92 Å². The number of aliphatic carboxylic acids is 1. The lowest BCUT2D eigenvalue weighted by atomic mass is 9.99. The van der Waals surface area contributed by atoms with Crippen LogP contribution in [0, 0.1) is 5.92 Å². The van der Waals surface area contributed by atoms with E-state index in [-0.39, 0.29) is 120 Å². The summed E-state index contributed by atoms with van der Waals surface area (Å²) in [5.41, 5.74) is 39.7. The zero-order valence-electron chi connectivity index (χ0n) is 47.1. The Balaban J connectivity index is 1.82. The molecular weight excluding hydrogens is 1100 g/mol. The second kappa shape index (κ2) is 35.9. The first-order valence-corrected chi connectivity index (χ1v) is 29.1. The summed E-state index contributed by atoms with van der Waals surface area (Å²) in [5, 5.41) is 28.7. The normalized spacial score (nSPS) is 15.6. The molecule has 2 heterocycles. The van der Waals surface area contributed by atoms with Crippen LogP contribution in [0.3, 0.4) is 0 Å². The SMILES string of the molecule is CCC(C)C[C@H](NC(=O)[C@H](CCN)NC(=O)[C@H](CCC(=O)NCC(=O)NCCNS(=O)(=O)c1cccc2cnccc12)NC(=O)[C@H](CCCN)NC(=O)[C@H](CCCN=C(N)N)NC(=O)[C@@H]1CCCN1C(=O)[C@@H](N)CCCN=C(N)N)C(=O)O. The lowest BCUT2D eigenvalue weighted by molar-refractivity contribution is -0.143. The topological polar surface area (TPSA) is 527 Å². The number of pyridine rings is 1. The first-order chi connectivity index (χ1) is 39.4. The van der Waals surface area contributed by atoms with Gasteiger partial charge >= 0.3 is 5.97 Å². The number of likely N-dealkylation sites (tertiary alicyclic amines) is 1. The second-order valence-corrected chi connectivity index (χ2v) is 21.7. The number of carbonyl (C=O) groups is 9. The molecule has 0 spiro atoms. The van der Waals surface area contributed by atoms with Gasteiger partial charge in [0.15, 0.2) is 11.9 Å². The molecule has 1 aliphatic heterocycles. The molecule has 8 amide bonds. The van der Waals surface area contributed by atoms with Crippen molar-refractivity contribution in [3.63, 3.8) is 0 Å². The number of nitrogens with two attached hydrogens (primary N) is 7. The molecule has 1 aromatic carbocycles. The first-order valence-electron chi connectivity index (χ1n) is 27.6. The number of sulfonamides is 1. The number of benzene rings is 1. The molecule has 2 aromatic rings. The van der Waals surface area contributed by atoms with Crippen LogP contribution < -0.4 is 82.1 Å². The van der Waals surface area contributed by atoms with Crippen LogP contribution in [0.4, 0.5) is 0 Å². The van der Waals surface area contributed by atoms with Crippen molar-refractivity contribution in [2.45, 2.75) is 145 Å². The van der Waals surface area contributed by atoms with Crippen molar-refractivity contribution in [2.75, 3.05) is 52.4 Å². The van der Waals surface area contributed by atoms with E-state index in [0.717, 1.165) is 0 Å². The summed E-state index contributed by atoms with van der Waals surface area (Å²) >= 11 is 0. The highest BCUT2D eigenvalue weighted by atomic mass is 32.2. The molecule has 0 bridgehead atoms. The van der Waals surface area contributed by atoms with Crippen molar-refractivity contribution >= 4 is 85.9 Å². The number of amides is 8. The predicted octanol–water partition coefficient (Wildman–Crippen LogP) is -5.02. The fourth-order valence-electron chi connectivity index (χ4n) is 8.77. The quantitative estimate of drug-likeness (QED) is 0.0170. The smallest absolute Gasteiger partial charge is 0.326 e. The van der Waals surface area contributed by atoms with Crippen molar-refractivity contribution in [1.29, 1.82) is 0 Å². The number of fused-ring (bicyclic) bond motifs is 1. The molecule has 1 unspecified atom stereocenters. The summed E-state index contributed by atoms with van der Waals surface area (Å²) in [6, 6.07) is -2.87. The van der Waals surface area contributed by atoms with E-state index in [1.165, 1.54) is 23.4 Å². The van der Waals surface area contributed by atoms with Gasteiger partial charge < -0.3 is 87.4 Å². The average molecular weight is 1190 g/mol. The number of aromatic nitrogens is 1. The third-order valence-corrected chi connectivity index (χ3v) is 15.0. The highest BCUT2D eigenvalue weighted by Gasteiger charge is 2.39. The number of aliphatic imine (C=N–C) groups is 2. The molecule has 0 aliphatic carbocycles. The maximum atomic E-state index is 14.4. The highest BCUT2D eigenvalue weighted by molar-refractivity contribution is 7.89. The van der Waals surface area contributed by atoms with Crippen molar-refractivity contribution in [1.82, 2.24) is 51.8 Å². The molecule has 8 atom stereocenters. The third-order valence-electron chi connectivity index (χ3n) is 13.5. The Morgan fingerprint density at radius 1 is 0.723 bits per heavy atom. The molecule has 3 rings (SSSR count). The lowest BCUT2D eigenvalue weighted by Gasteiger charge is -2.29. The molecule has 31 nitrogen and oxygen atoms in total. The van der Waals surface area contributed by atoms with Gasteiger partial charge in [-0.2, -0.15) is 0 Å². The number of rotatable bonds is 38. The van der Waals surface area contributed by atoms with Gasteiger partial charge in [0, 0.05) is 62.3 Å². The number of carboxylic acid groups (broad SMARTS) is 1. The van der Waals surface area contributed by atoms with Crippen LogP contribution in [0.25, 0.3) is 10.8 Å². The Hall–Kier alpha value is -7.81. The number of hydrogen-bond donors (Lipinski definition) is 16. The summed E-state index contributed by atoms with van der Waals surface area (Å²) in [7, 11) is -4.00. The first kappa shape index (κ1) is 69.5. The predicted molar refractivity (Wildman–Crippen MR) is 308 cm³/mol. The number of guanidine groups is 2. The van der Waals surface area contributed by atoms with Crippen LogP contribution in [0.5, 0.6) is 0 Å². The van der Waals surface area contributed by atoms with E-state index >= 15 is 0 Å². The Kier molecular flexibility index (Phi) is 30.1. The zero-order valence-corrected chi connectivity index (χ0v) is 47.9. The number of nitrogens with one attached hydrogen (secondary N) is 8. The molecule has 1 aromatic heterocycles. The van der Waals surface area contributed by atoms with Crippen molar-refractivity contribution < 1.29 is 56.7 Å².